The zero-order chi connectivity index (χ0) is 15.8. The van der Waals surface area contributed by atoms with E-state index in [1.54, 1.807) is 25.1 Å². The van der Waals surface area contributed by atoms with Gasteiger partial charge in [-0.1, -0.05) is 23.2 Å². The van der Waals surface area contributed by atoms with E-state index in [0.29, 0.717) is 21.4 Å². The van der Waals surface area contributed by atoms with E-state index in [9.17, 15) is 9.59 Å². The molecule has 1 aromatic carbocycles. The molecule has 0 radical (unpaired) electrons. The summed E-state index contributed by atoms with van der Waals surface area (Å²) in [6.07, 6.45) is -0.323. The van der Waals surface area contributed by atoms with E-state index in [-0.39, 0.29) is 18.7 Å². The maximum absolute atomic E-state index is 11.8. The summed E-state index contributed by atoms with van der Waals surface area (Å²) in [7, 11) is 0. The van der Waals surface area contributed by atoms with E-state index < -0.39 is 5.91 Å². The number of carbonyl (C=O) groups is 2. The second-order valence-electron chi connectivity index (χ2n) is 4.07. The molecule has 2 N–H and O–H groups in total. The van der Waals surface area contributed by atoms with Crippen molar-refractivity contribution < 1.29 is 9.59 Å². The Kier molecular flexibility index (Phi) is 6.66. The molecule has 110 valence electrons. The number of nitrogens with zero attached hydrogens (tertiary/aromatic N) is 2. The number of hydrazone groups is 1. The van der Waals surface area contributed by atoms with Crippen molar-refractivity contribution in [3.05, 3.63) is 28.2 Å². The van der Waals surface area contributed by atoms with Crippen LogP contribution in [-0.2, 0) is 9.59 Å². The van der Waals surface area contributed by atoms with E-state index in [0.717, 1.165) is 0 Å². The number of carbonyl (C=O) groups excluding carboxylic acids is 2. The van der Waals surface area contributed by atoms with Gasteiger partial charge in [0.1, 0.15) is 6.42 Å². The van der Waals surface area contributed by atoms with Crippen LogP contribution in [-0.4, -0.2) is 17.5 Å². The molecule has 0 bridgehead atoms. The molecule has 0 unspecified atom stereocenters. The molecule has 8 heteroatoms. The van der Waals surface area contributed by atoms with Crippen molar-refractivity contribution >= 4 is 46.4 Å². The number of nitrogens with one attached hydrogen (secondary N) is 2. The van der Waals surface area contributed by atoms with Gasteiger partial charge in [0, 0.05) is 10.7 Å². The van der Waals surface area contributed by atoms with Crippen LogP contribution < -0.4 is 10.7 Å². The largest absolute Gasteiger partial charge is 0.324 e. The van der Waals surface area contributed by atoms with E-state index in [1.807, 2.05) is 0 Å². The van der Waals surface area contributed by atoms with Gasteiger partial charge in [0.15, 0.2) is 0 Å². The zero-order valence-electron chi connectivity index (χ0n) is 11.1. The molecular formula is C13H12Cl2N4O2. The highest BCUT2D eigenvalue weighted by molar-refractivity contribution is 6.35. The van der Waals surface area contributed by atoms with Crippen molar-refractivity contribution in [2.24, 2.45) is 5.10 Å². The lowest BCUT2D eigenvalue weighted by atomic mass is 10.2. The third kappa shape index (κ3) is 6.25. The predicted molar refractivity (Wildman–Crippen MR) is 81.2 cm³/mol. The number of nitriles is 1. The summed E-state index contributed by atoms with van der Waals surface area (Å²) in [5.74, 6) is -0.884. The van der Waals surface area contributed by atoms with Gasteiger partial charge < -0.3 is 5.32 Å². The van der Waals surface area contributed by atoms with Gasteiger partial charge in [-0.2, -0.15) is 10.4 Å². The first-order valence-electron chi connectivity index (χ1n) is 5.86. The average Bonchev–Trinajstić information content (AvgIpc) is 2.41. The van der Waals surface area contributed by atoms with Crippen LogP contribution >= 0.6 is 23.2 Å². The van der Waals surface area contributed by atoms with Crippen LogP contribution in [0.25, 0.3) is 0 Å². The molecule has 6 nitrogen and oxygen atoms in total. The van der Waals surface area contributed by atoms with E-state index in [4.69, 9.17) is 28.5 Å². The van der Waals surface area contributed by atoms with Gasteiger partial charge in [0.2, 0.25) is 5.91 Å². The van der Waals surface area contributed by atoms with Crippen molar-refractivity contribution in [3.63, 3.8) is 0 Å². The highest BCUT2D eigenvalue weighted by Gasteiger charge is 2.08. The molecule has 1 rings (SSSR count). The fourth-order valence-electron chi connectivity index (χ4n) is 1.33. The van der Waals surface area contributed by atoms with Crippen molar-refractivity contribution in [2.75, 3.05) is 5.32 Å². The second kappa shape index (κ2) is 8.25. The molecule has 1 aromatic rings. The van der Waals surface area contributed by atoms with Gasteiger partial charge in [0.05, 0.1) is 23.2 Å². The Morgan fingerprint density at radius 2 is 2.05 bits per heavy atom. The highest BCUT2D eigenvalue weighted by Crippen LogP contribution is 2.25. The summed E-state index contributed by atoms with van der Waals surface area (Å²) in [6.45, 7) is 1.58. The summed E-state index contributed by atoms with van der Waals surface area (Å²) in [5.41, 5.74) is 2.96. The number of benzene rings is 1. The Hall–Kier alpha value is -2.10. The molecule has 0 spiro atoms. The van der Waals surface area contributed by atoms with Crippen LogP contribution in [0.2, 0.25) is 10.0 Å². The first-order valence-corrected chi connectivity index (χ1v) is 6.62. The van der Waals surface area contributed by atoms with Crippen LogP contribution in [0.1, 0.15) is 19.8 Å². The predicted octanol–water partition coefficient (Wildman–Crippen LogP) is 2.73. The van der Waals surface area contributed by atoms with E-state index >= 15 is 0 Å². The molecule has 0 saturated carbocycles. The summed E-state index contributed by atoms with van der Waals surface area (Å²) >= 11 is 11.7. The monoisotopic (exact) mass is 326 g/mol. The second-order valence-corrected chi connectivity index (χ2v) is 4.91. The Bertz CT molecular complexity index is 623. The normalized spacial score (nSPS) is 10.7. The summed E-state index contributed by atoms with van der Waals surface area (Å²) < 4.78 is 0. The van der Waals surface area contributed by atoms with Crippen molar-refractivity contribution in [3.8, 4) is 6.07 Å². The van der Waals surface area contributed by atoms with E-state index in [1.165, 1.54) is 6.07 Å². The minimum absolute atomic E-state index is 0.0321. The number of anilines is 1. The Balaban J connectivity index is 2.57. The molecular weight excluding hydrogens is 315 g/mol. The maximum atomic E-state index is 11.8. The molecule has 0 atom stereocenters. The van der Waals surface area contributed by atoms with Crippen molar-refractivity contribution in [1.29, 1.82) is 5.26 Å². The molecule has 0 aliphatic heterocycles. The minimum atomic E-state index is -0.532. The standard InChI is InChI=1S/C13H12Cl2N4O2/c1-8(18-19-12(20)4-5-16)6-13(21)17-11-7-9(14)2-3-10(11)15/h2-3,7H,4,6H2,1H3,(H,17,21)(H,19,20). The number of hydrogen-bond acceptors (Lipinski definition) is 4. The molecule has 2 amide bonds. The lowest BCUT2D eigenvalue weighted by Gasteiger charge is -2.07. The molecule has 0 aliphatic rings. The number of hydrogen-bond donors (Lipinski definition) is 2. The molecule has 0 aromatic heterocycles. The average molecular weight is 327 g/mol. The minimum Gasteiger partial charge on any atom is -0.324 e. The maximum Gasteiger partial charge on any atom is 0.254 e. The van der Waals surface area contributed by atoms with Gasteiger partial charge in [-0.15, -0.1) is 0 Å². The Labute approximate surface area is 131 Å². The Morgan fingerprint density at radius 3 is 2.71 bits per heavy atom. The van der Waals surface area contributed by atoms with Crippen molar-refractivity contribution in [2.45, 2.75) is 19.8 Å². The van der Waals surface area contributed by atoms with Crippen LogP contribution in [0.4, 0.5) is 5.69 Å². The molecule has 0 aliphatic carbocycles. The number of halogens is 2. The van der Waals surface area contributed by atoms with Crippen molar-refractivity contribution in [1.82, 2.24) is 5.43 Å². The van der Waals surface area contributed by atoms with Gasteiger partial charge in [-0.05, 0) is 25.1 Å². The Morgan fingerprint density at radius 1 is 1.33 bits per heavy atom. The third-order valence-electron chi connectivity index (χ3n) is 2.23. The van der Waals surface area contributed by atoms with E-state index in [2.05, 4.69) is 15.8 Å². The number of rotatable bonds is 5. The van der Waals surface area contributed by atoms with Crippen LogP contribution in [0.15, 0.2) is 23.3 Å². The van der Waals surface area contributed by atoms with Crippen LogP contribution in [0.5, 0.6) is 0 Å². The fraction of sp³-hybridized carbons (Fsp3) is 0.231. The molecule has 0 saturated heterocycles. The van der Waals surface area contributed by atoms with Gasteiger partial charge >= 0.3 is 0 Å². The summed E-state index contributed by atoms with van der Waals surface area (Å²) in [6, 6.07) is 6.40. The highest BCUT2D eigenvalue weighted by atomic mass is 35.5. The van der Waals surface area contributed by atoms with Gasteiger partial charge in [0.25, 0.3) is 5.91 Å². The summed E-state index contributed by atoms with van der Waals surface area (Å²) in [5, 5.41) is 15.4. The first-order chi connectivity index (χ1) is 9.92. The molecule has 0 fully saturated rings. The lowest BCUT2D eigenvalue weighted by molar-refractivity contribution is -0.120. The lowest BCUT2D eigenvalue weighted by Crippen LogP contribution is -2.21. The SMILES string of the molecule is CC(CC(=O)Nc1cc(Cl)ccc1Cl)=NNC(=O)CC#N. The first kappa shape index (κ1) is 17.0. The van der Waals surface area contributed by atoms with Crippen LogP contribution in [0, 0.1) is 11.3 Å². The van der Waals surface area contributed by atoms with Gasteiger partial charge in [-0.3, -0.25) is 9.59 Å². The molecule has 21 heavy (non-hydrogen) atoms. The van der Waals surface area contributed by atoms with Gasteiger partial charge in [-0.25, -0.2) is 5.43 Å². The van der Waals surface area contributed by atoms with Crippen LogP contribution in [0.3, 0.4) is 0 Å². The number of amides is 2. The quantitative estimate of drug-likeness (QED) is 0.643. The molecule has 0 heterocycles. The smallest absolute Gasteiger partial charge is 0.254 e. The zero-order valence-corrected chi connectivity index (χ0v) is 12.6. The topological polar surface area (TPSA) is 94.3 Å². The summed E-state index contributed by atoms with van der Waals surface area (Å²) in [4.78, 5) is 22.8. The third-order valence-corrected chi connectivity index (χ3v) is 2.79. The fourth-order valence-corrected chi connectivity index (χ4v) is 1.67.